The monoisotopic (exact) mass is 232 g/mol. The quantitative estimate of drug-likeness (QED) is 0.870. The molecule has 5 heteroatoms. The third kappa shape index (κ3) is 2.95. The van der Waals surface area contributed by atoms with Gasteiger partial charge in [0.1, 0.15) is 5.69 Å². The van der Waals surface area contributed by atoms with Crippen LogP contribution in [0.1, 0.15) is 31.5 Å². The zero-order valence-electron chi connectivity index (χ0n) is 9.30. The van der Waals surface area contributed by atoms with E-state index < -0.39 is 11.9 Å². The molecule has 0 spiro atoms. The summed E-state index contributed by atoms with van der Waals surface area (Å²) in [7, 11) is 0. The van der Waals surface area contributed by atoms with Crippen molar-refractivity contribution in [3.8, 4) is 0 Å². The summed E-state index contributed by atoms with van der Waals surface area (Å²) in [5, 5.41) is 0. The fourth-order valence-electron chi connectivity index (χ4n) is 1.47. The Kier molecular flexibility index (Phi) is 3.57. The van der Waals surface area contributed by atoms with Crippen LogP contribution in [0.2, 0.25) is 0 Å². The van der Waals surface area contributed by atoms with Crippen molar-refractivity contribution in [2.75, 3.05) is 6.54 Å². The van der Waals surface area contributed by atoms with Gasteiger partial charge in [0.05, 0.1) is 0 Å². The van der Waals surface area contributed by atoms with Crippen molar-refractivity contribution in [1.29, 1.82) is 0 Å². The van der Waals surface area contributed by atoms with Gasteiger partial charge >= 0.3 is 6.18 Å². The molecule has 0 aliphatic carbocycles. The lowest BCUT2D eigenvalue weighted by atomic mass is 9.82. The van der Waals surface area contributed by atoms with E-state index in [-0.39, 0.29) is 5.41 Å². The van der Waals surface area contributed by atoms with E-state index in [2.05, 4.69) is 4.98 Å². The number of pyridine rings is 1. The highest BCUT2D eigenvalue weighted by molar-refractivity contribution is 5.23. The van der Waals surface area contributed by atoms with Gasteiger partial charge in [0.15, 0.2) is 0 Å². The van der Waals surface area contributed by atoms with Gasteiger partial charge in [-0.05, 0) is 30.0 Å². The molecule has 1 rings (SSSR count). The van der Waals surface area contributed by atoms with Crippen molar-refractivity contribution in [2.24, 2.45) is 5.73 Å². The van der Waals surface area contributed by atoms with Crippen LogP contribution in [-0.2, 0) is 11.6 Å². The van der Waals surface area contributed by atoms with Crippen molar-refractivity contribution in [1.82, 2.24) is 4.98 Å². The summed E-state index contributed by atoms with van der Waals surface area (Å²) in [5.74, 6) is 0. The van der Waals surface area contributed by atoms with E-state index in [0.717, 1.165) is 11.6 Å². The van der Waals surface area contributed by atoms with Crippen LogP contribution in [-0.4, -0.2) is 11.5 Å². The maximum absolute atomic E-state index is 12.3. The molecule has 0 amide bonds. The molecule has 1 aromatic rings. The smallest absolute Gasteiger partial charge is 0.330 e. The van der Waals surface area contributed by atoms with Crippen LogP contribution in [0.4, 0.5) is 13.2 Å². The van der Waals surface area contributed by atoms with Gasteiger partial charge in [0.25, 0.3) is 0 Å². The number of hydrogen-bond donors (Lipinski definition) is 1. The van der Waals surface area contributed by atoms with Crippen LogP contribution in [0.25, 0.3) is 0 Å². The molecule has 0 saturated carbocycles. The lowest BCUT2D eigenvalue weighted by molar-refractivity contribution is -0.141. The fourth-order valence-corrected chi connectivity index (χ4v) is 1.47. The minimum Gasteiger partial charge on any atom is -0.330 e. The topological polar surface area (TPSA) is 38.9 Å². The van der Waals surface area contributed by atoms with Crippen LogP contribution in [0.15, 0.2) is 18.3 Å². The Bertz CT molecular complexity index is 341. The zero-order valence-corrected chi connectivity index (χ0v) is 9.30. The van der Waals surface area contributed by atoms with E-state index in [9.17, 15) is 13.2 Å². The SMILES string of the molecule is CC(C)(CCN)c1ccc(C(F)(F)F)nc1. The average molecular weight is 232 g/mol. The standard InChI is InChI=1S/C11H15F3N2/c1-10(2,5-6-15)8-3-4-9(16-7-8)11(12,13)14/h3-4,7H,5-6,15H2,1-2H3. The second-order valence-corrected chi connectivity index (χ2v) is 4.35. The molecule has 0 fully saturated rings. The van der Waals surface area contributed by atoms with Gasteiger partial charge in [0, 0.05) is 6.20 Å². The van der Waals surface area contributed by atoms with Crippen LogP contribution in [0, 0.1) is 0 Å². The van der Waals surface area contributed by atoms with E-state index in [0.29, 0.717) is 13.0 Å². The van der Waals surface area contributed by atoms with E-state index in [4.69, 9.17) is 5.73 Å². The van der Waals surface area contributed by atoms with Gasteiger partial charge in [-0.2, -0.15) is 13.2 Å². The number of nitrogens with two attached hydrogens (primary N) is 1. The zero-order chi connectivity index (χ0) is 12.4. The minimum absolute atomic E-state index is 0.244. The Morgan fingerprint density at radius 2 is 1.88 bits per heavy atom. The molecule has 1 aromatic heterocycles. The third-order valence-corrected chi connectivity index (χ3v) is 2.60. The summed E-state index contributed by atoms with van der Waals surface area (Å²) in [6.45, 7) is 4.36. The molecule has 0 atom stereocenters. The highest BCUT2D eigenvalue weighted by Crippen LogP contribution is 2.30. The molecule has 0 bridgehead atoms. The highest BCUT2D eigenvalue weighted by Gasteiger charge is 2.32. The van der Waals surface area contributed by atoms with Crippen molar-refractivity contribution in [3.05, 3.63) is 29.6 Å². The Morgan fingerprint density at radius 3 is 2.25 bits per heavy atom. The van der Waals surface area contributed by atoms with Crippen molar-refractivity contribution in [2.45, 2.75) is 31.9 Å². The Hall–Kier alpha value is -1.10. The van der Waals surface area contributed by atoms with Crippen molar-refractivity contribution >= 4 is 0 Å². The number of aromatic nitrogens is 1. The first kappa shape index (κ1) is 13.0. The van der Waals surface area contributed by atoms with Gasteiger partial charge < -0.3 is 5.73 Å². The average Bonchev–Trinajstić information content (AvgIpc) is 2.16. The fraction of sp³-hybridized carbons (Fsp3) is 0.545. The Labute approximate surface area is 92.7 Å². The van der Waals surface area contributed by atoms with Crippen molar-refractivity contribution < 1.29 is 13.2 Å². The van der Waals surface area contributed by atoms with E-state index >= 15 is 0 Å². The summed E-state index contributed by atoms with van der Waals surface area (Å²) in [6, 6.07) is 2.47. The van der Waals surface area contributed by atoms with Crippen molar-refractivity contribution in [3.63, 3.8) is 0 Å². The van der Waals surface area contributed by atoms with E-state index in [1.54, 1.807) is 0 Å². The van der Waals surface area contributed by atoms with Gasteiger partial charge in [-0.1, -0.05) is 19.9 Å². The van der Waals surface area contributed by atoms with Gasteiger partial charge in [0.2, 0.25) is 0 Å². The largest absolute Gasteiger partial charge is 0.433 e. The van der Waals surface area contributed by atoms with Gasteiger partial charge in [-0.25, -0.2) is 0 Å². The highest BCUT2D eigenvalue weighted by atomic mass is 19.4. The second-order valence-electron chi connectivity index (χ2n) is 4.35. The number of alkyl halides is 3. The minimum atomic E-state index is -4.38. The number of nitrogens with zero attached hydrogens (tertiary/aromatic N) is 1. The molecule has 2 N–H and O–H groups in total. The van der Waals surface area contributed by atoms with Crippen LogP contribution in [0.5, 0.6) is 0 Å². The molecule has 0 unspecified atom stereocenters. The first-order valence-corrected chi connectivity index (χ1v) is 5.01. The Morgan fingerprint density at radius 1 is 1.25 bits per heavy atom. The lowest BCUT2D eigenvalue weighted by Crippen LogP contribution is -2.22. The summed E-state index contributed by atoms with van der Waals surface area (Å²) >= 11 is 0. The molecule has 2 nitrogen and oxygen atoms in total. The maximum atomic E-state index is 12.3. The molecule has 16 heavy (non-hydrogen) atoms. The molecular formula is C11H15F3N2. The summed E-state index contributed by atoms with van der Waals surface area (Å²) in [5.41, 5.74) is 5.11. The first-order chi connectivity index (χ1) is 7.27. The number of hydrogen-bond acceptors (Lipinski definition) is 2. The number of rotatable bonds is 3. The molecule has 90 valence electrons. The summed E-state index contributed by atoms with van der Waals surface area (Å²) in [4.78, 5) is 3.43. The summed E-state index contributed by atoms with van der Waals surface area (Å²) in [6.07, 6.45) is -2.39. The van der Waals surface area contributed by atoms with E-state index in [1.165, 1.54) is 12.3 Å². The van der Waals surface area contributed by atoms with Crippen LogP contribution < -0.4 is 5.73 Å². The van der Waals surface area contributed by atoms with Crippen LogP contribution >= 0.6 is 0 Å². The molecule has 0 aliphatic heterocycles. The molecule has 1 heterocycles. The van der Waals surface area contributed by atoms with Gasteiger partial charge in [-0.3, -0.25) is 4.98 Å². The second kappa shape index (κ2) is 4.41. The maximum Gasteiger partial charge on any atom is 0.433 e. The predicted molar refractivity (Wildman–Crippen MR) is 55.9 cm³/mol. The molecule has 0 saturated heterocycles. The molecule has 0 radical (unpaired) electrons. The van der Waals surface area contributed by atoms with E-state index in [1.807, 2.05) is 13.8 Å². The lowest BCUT2D eigenvalue weighted by Gasteiger charge is -2.24. The molecular weight excluding hydrogens is 217 g/mol. The third-order valence-electron chi connectivity index (χ3n) is 2.60. The normalized spacial score (nSPS) is 12.9. The van der Waals surface area contributed by atoms with Crippen LogP contribution in [0.3, 0.4) is 0 Å². The Balaban J connectivity index is 2.95. The van der Waals surface area contributed by atoms with Gasteiger partial charge in [-0.15, -0.1) is 0 Å². The number of halogens is 3. The first-order valence-electron chi connectivity index (χ1n) is 5.01. The molecule has 0 aliphatic rings. The predicted octanol–water partition coefficient (Wildman–Crippen LogP) is 2.73. The molecule has 0 aromatic carbocycles. The summed E-state index contributed by atoms with van der Waals surface area (Å²) < 4.78 is 36.8.